The van der Waals surface area contributed by atoms with Crippen molar-refractivity contribution >= 4 is 34.5 Å². The molecule has 0 fully saturated rings. The van der Waals surface area contributed by atoms with Crippen molar-refractivity contribution < 1.29 is 0 Å². The van der Waals surface area contributed by atoms with Crippen LogP contribution in [0.1, 0.15) is 11.1 Å². The van der Waals surface area contributed by atoms with Gasteiger partial charge in [0.25, 0.3) is 0 Å². The topological polar surface area (TPSA) is 17.0 Å². The molecule has 0 unspecified atom stereocenters. The van der Waals surface area contributed by atoms with Gasteiger partial charge in [0, 0.05) is 28.0 Å². The maximum absolute atomic E-state index is 5.96. The highest BCUT2D eigenvalue weighted by atomic mass is 35.5. The van der Waals surface area contributed by atoms with Gasteiger partial charge >= 0.3 is 0 Å². The molecule has 2 aromatic carbocycles. The summed E-state index contributed by atoms with van der Waals surface area (Å²) in [5.41, 5.74) is 4.13. The largest absolute Gasteiger partial charge is 0.312 e. The molecule has 4 heteroatoms. The second-order valence-electron chi connectivity index (χ2n) is 5.26. The highest BCUT2D eigenvalue weighted by Crippen LogP contribution is 2.33. The second kappa shape index (κ2) is 5.41. The minimum absolute atomic E-state index is 0.778. The molecule has 0 radical (unpaired) electrons. The van der Waals surface area contributed by atoms with E-state index in [4.69, 9.17) is 11.6 Å². The Balaban J connectivity index is 1.81. The molecule has 1 aliphatic heterocycles. The zero-order chi connectivity index (χ0) is 14.2. The van der Waals surface area contributed by atoms with E-state index in [0.717, 1.165) is 24.5 Å². The van der Waals surface area contributed by atoms with Crippen LogP contribution >= 0.6 is 23.5 Å². The molecule has 4 rings (SSSR count). The van der Waals surface area contributed by atoms with Gasteiger partial charge in [-0.1, -0.05) is 23.7 Å². The van der Waals surface area contributed by atoms with Crippen molar-refractivity contribution in [3.8, 4) is 0 Å². The van der Waals surface area contributed by atoms with Gasteiger partial charge in [-0.25, -0.2) is 0 Å². The Morgan fingerprint density at radius 3 is 2.76 bits per heavy atom. The number of rotatable bonds is 2. The predicted molar refractivity (Wildman–Crippen MR) is 90.1 cm³/mol. The molecular weight excluding hydrogens is 300 g/mol. The van der Waals surface area contributed by atoms with Gasteiger partial charge in [0.2, 0.25) is 0 Å². The highest BCUT2D eigenvalue weighted by molar-refractivity contribution is 7.98. The fourth-order valence-corrected chi connectivity index (χ4v) is 3.93. The molecule has 0 amide bonds. The number of aromatic nitrogens is 1. The fraction of sp³-hybridized carbons (Fsp3) is 0.176. The summed E-state index contributed by atoms with van der Waals surface area (Å²) in [7, 11) is 0. The number of halogens is 1. The standard InChI is InChI=1S/C17H15ClN2S/c18-14-4-6-15(7-5-14)21-20-11-13-8-9-19-10-12-2-1-3-16(20)17(12)13/h1-7,11,19H,8-10H2. The van der Waals surface area contributed by atoms with Crippen molar-refractivity contribution in [2.75, 3.05) is 6.54 Å². The third-order valence-electron chi connectivity index (χ3n) is 3.86. The fourth-order valence-electron chi connectivity index (χ4n) is 2.88. The van der Waals surface area contributed by atoms with E-state index in [9.17, 15) is 0 Å². The van der Waals surface area contributed by atoms with Crippen LogP contribution in [0.4, 0.5) is 0 Å². The van der Waals surface area contributed by atoms with Crippen molar-refractivity contribution in [2.45, 2.75) is 17.9 Å². The number of hydrogen-bond donors (Lipinski definition) is 1. The third-order valence-corrected chi connectivity index (χ3v) is 5.10. The van der Waals surface area contributed by atoms with Crippen molar-refractivity contribution in [2.24, 2.45) is 0 Å². The Kier molecular flexibility index (Phi) is 3.42. The summed E-state index contributed by atoms with van der Waals surface area (Å²) < 4.78 is 2.28. The van der Waals surface area contributed by atoms with E-state index < -0.39 is 0 Å². The minimum Gasteiger partial charge on any atom is -0.312 e. The molecule has 0 atom stereocenters. The summed E-state index contributed by atoms with van der Waals surface area (Å²) in [4.78, 5) is 1.20. The molecule has 106 valence electrons. The molecule has 3 aromatic rings. The lowest BCUT2D eigenvalue weighted by molar-refractivity contribution is 0.701. The summed E-state index contributed by atoms with van der Waals surface area (Å²) in [5, 5.41) is 5.68. The Bertz CT molecular complexity index is 792. The van der Waals surface area contributed by atoms with E-state index in [-0.39, 0.29) is 0 Å². The first-order valence-electron chi connectivity index (χ1n) is 7.08. The first-order chi connectivity index (χ1) is 10.3. The molecule has 1 N–H and O–H groups in total. The summed E-state index contributed by atoms with van der Waals surface area (Å²) in [6.45, 7) is 2.00. The summed E-state index contributed by atoms with van der Waals surface area (Å²) in [6, 6.07) is 14.6. The number of nitrogens with one attached hydrogen (secondary N) is 1. The smallest absolute Gasteiger partial charge is 0.0600 e. The van der Waals surface area contributed by atoms with Crippen LogP contribution in [-0.2, 0) is 13.0 Å². The molecular formula is C17H15ClN2S. The van der Waals surface area contributed by atoms with E-state index in [1.165, 1.54) is 26.9 Å². The van der Waals surface area contributed by atoms with Crippen molar-refractivity contribution in [3.05, 3.63) is 64.8 Å². The zero-order valence-electron chi connectivity index (χ0n) is 11.5. The molecule has 0 bridgehead atoms. The second-order valence-corrected chi connectivity index (χ2v) is 6.75. The minimum atomic E-state index is 0.778. The molecule has 0 aliphatic carbocycles. The lowest BCUT2D eigenvalue weighted by Crippen LogP contribution is -2.13. The summed E-state index contributed by atoms with van der Waals surface area (Å²) >= 11 is 7.70. The Hall–Kier alpha value is -1.42. The average molecular weight is 315 g/mol. The van der Waals surface area contributed by atoms with E-state index >= 15 is 0 Å². The van der Waals surface area contributed by atoms with Crippen molar-refractivity contribution in [1.82, 2.24) is 9.29 Å². The lowest BCUT2D eigenvalue weighted by atomic mass is 10.1. The van der Waals surface area contributed by atoms with Gasteiger partial charge in [-0.15, -0.1) is 0 Å². The van der Waals surface area contributed by atoms with Gasteiger partial charge in [0.1, 0.15) is 0 Å². The van der Waals surface area contributed by atoms with E-state index in [0.29, 0.717) is 0 Å². The van der Waals surface area contributed by atoms with E-state index in [2.05, 4.69) is 45.8 Å². The van der Waals surface area contributed by atoms with Crippen molar-refractivity contribution in [1.29, 1.82) is 0 Å². The Morgan fingerprint density at radius 2 is 1.90 bits per heavy atom. The van der Waals surface area contributed by atoms with Gasteiger partial charge in [0.15, 0.2) is 0 Å². The molecule has 0 saturated heterocycles. The van der Waals surface area contributed by atoms with Gasteiger partial charge in [-0.05, 0) is 66.4 Å². The van der Waals surface area contributed by atoms with Crippen LogP contribution in [0.15, 0.2) is 53.6 Å². The average Bonchev–Trinajstić information content (AvgIpc) is 2.71. The van der Waals surface area contributed by atoms with Crippen LogP contribution in [0.2, 0.25) is 5.02 Å². The van der Waals surface area contributed by atoms with Crippen LogP contribution in [0.25, 0.3) is 10.9 Å². The van der Waals surface area contributed by atoms with E-state index in [1.807, 2.05) is 12.1 Å². The van der Waals surface area contributed by atoms with Crippen LogP contribution in [0.5, 0.6) is 0 Å². The van der Waals surface area contributed by atoms with Crippen LogP contribution in [0.3, 0.4) is 0 Å². The predicted octanol–water partition coefficient (Wildman–Crippen LogP) is 4.50. The molecule has 0 saturated carbocycles. The molecule has 1 aromatic heterocycles. The number of benzene rings is 2. The molecule has 1 aliphatic rings. The first kappa shape index (κ1) is 13.3. The van der Waals surface area contributed by atoms with Gasteiger partial charge in [-0.3, -0.25) is 3.97 Å². The molecule has 2 heterocycles. The quantitative estimate of drug-likeness (QED) is 0.750. The summed E-state index contributed by atoms with van der Waals surface area (Å²) in [6.07, 6.45) is 3.36. The van der Waals surface area contributed by atoms with Gasteiger partial charge in [0.05, 0.1) is 5.52 Å². The lowest BCUT2D eigenvalue weighted by Gasteiger charge is -2.06. The SMILES string of the molecule is Clc1ccc(Sn2cc3c4c(cccc42)CNCC3)cc1. The maximum Gasteiger partial charge on any atom is 0.0600 e. The Labute approximate surface area is 133 Å². The number of nitrogens with zero attached hydrogens (tertiary/aromatic N) is 1. The third kappa shape index (κ3) is 2.46. The first-order valence-corrected chi connectivity index (χ1v) is 8.23. The van der Waals surface area contributed by atoms with Crippen LogP contribution in [-0.4, -0.2) is 10.5 Å². The van der Waals surface area contributed by atoms with Gasteiger partial charge in [-0.2, -0.15) is 0 Å². The van der Waals surface area contributed by atoms with E-state index in [1.54, 1.807) is 11.9 Å². The zero-order valence-corrected chi connectivity index (χ0v) is 13.0. The molecule has 21 heavy (non-hydrogen) atoms. The van der Waals surface area contributed by atoms with Crippen molar-refractivity contribution in [3.63, 3.8) is 0 Å². The monoisotopic (exact) mass is 314 g/mol. The normalized spacial score (nSPS) is 14.3. The molecule has 2 nitrogen and oxygen atoms in total. The van der Waals surface area contributed by atoms with Crippen LogP contribution < -0.4 is 5.32 Å². The molecule has 0 spiro atoms. The number of hydrogen-bond acceptors (Lipinski definition) is 2. The maximum atomic E-state index is 5.96. The van der Waals surface area contributed by atoms with Crippen LogP contribution in [0, 0.1) is 0 Å². The van der Waals surface area contributed by atoms with Gasteiger partial charge < -0.3 is 5.32 Å². The summed E-state index contributed by atoms with van der Waals surface area (Å²) in [5.74, 6) is 0. The Morgan fingerprint density at radius 1 is 1.05 bits per heavy atom. The highest BCUT2D eigenvalue weighted by Gasteiger charge is 2.15.